The van der Waals surface area contributed by atoms with Crippen molar-refractivity contribution in [2.24, 2.45) is 5.10 Å². The zero-order valence-electron chi connectivity index (χ0n) is 13.4. The van der Waals surface area contributed by atoms with Crippen LogP contribution in [0.5, 0.6) is 17.2 Å². The normalized spacial score (nSPS) is 12.7. The molecule has 0 radical (unpaired) electrons. The van der Waals surface area contributed by atoms with Crippen LogP contribution in [-0.4, -0.2) is 24.0 Å². The second kappa shape index (κ2) is 6.68. The molecule has 26 heavy (non-hydrogen) atoms. The fourth-order valence-corrected chi connectivity index (χ4v) is 3.09. The summed E-state index contributed by atoms with van der Waals surface area (Å²) in [7, 11) is 0. The molecule has 130 valence electrons. The summed E-state index contributed by atoms with van der Waals surface area (Å²) in [5.41, 5.74) is 3.30. The molecule has 1 aliphatic heterocycles. The third-order valence-corrected chi connectivity index (χ3v) is 4.66. The van der Waals surface area contributed by atoms with Gasteiger partial charge < -0.3 is 14.6 Å². The number of hydrogen-bond acceptors (Lipinski definition) is 5. The molecule has 3 aromatic carbocycles. The zero-order chi connectivity index (χ0) is 18.1. The summed E-state index contributed by atoms with van der Waals surface area (Å²) in [6.45, 7) is 0.181. The Labute approximate surface area is 157 Å². The summed E-state index contributed by atoms with van der Waals surface area (Å²) in [4.78, 5) is 12.3. The number of hydrogen-bond donors (Lipinski definition) is 2. The maximum Gasteiger partial charge on any atom is 0.275 e. The van der Waals surface area contributed by atoms with Gasteiger partial charge in [-0.1, -0.05) is 24.3 Å². The highest BCUT2D eigenvalue weighted by Gasteiger charge is 2.16. The van der Waals surface area contributed by atoms with E-state index in [2.05, 4.69) is 26.5 Å². The summed E-state index contributed by atoms with van der Waals surface area (Å²) in [6.07, 6.45) is 1.49. The van der Waals surface area contributed by atoms with E-state index in [4.69, 9.17) is 9.47 Å². The largest absolute Gasteiger partial charge is 0.507 e. The van der Waals surface area contributed by atoms with Crippen LogP contribution in [0.25, 0.3) is 10.8 Å². The van der Waals surface area contributed by atoms with Crippen molar-refractivity contribution in [3.8, 4) is 17.2 Å². The molecule has 0 aliphatic carbocycles. The minimum absolute atomic E-state index is 0.0966. The van der Waals surface area contributed by atoms with Gasteiger partial charge in [0, 0.05) is 10.0 Å². The molecule has 0 spiro atoms. The van der Waals surface area contributed by atoms with Crippen molar-refractivity contribution >= 4 is 38.8 Å². The fourth-order valence-electron chi connectivity index (χ4n) is 2.66. The molecule has 0 atom stereocenters. The zero-order valence-corrected chi connectivity index (χ0v) is 15.0. The molecule has 2 N–H and O–H groups in total. The minimum Gasteiger partial charge on any atom is -0.507 e. The fraction of sp³-hybridized carbons (Fsp3) is 0.0526. The third kappa shape index (κ3) is 3.09. The molecule has 0 saturated heterocycles. The first-order valence-electron chi connectivity index (χ1n) is 7.76. The van der Waals surface area contributed by atoms with Crippen LogP contribution in [0.3, 0.4) is 0 Å². The first-order valence-corrected chi connectivity index (χ1v) is 8.55. The number of halogens is 1. The van der Waals surface area contributed by atoms with Gasteiger partial charge in [-0.2, -0.15) is 5.10 Å². The number of nitrogens with one attached hydrogen (secondary N) is 1. The maximum atomic E-state index is 12.3. The maximum absolute atomic E-state index is 12.3. The molecule has 0 fully saturated rings. The molecule has 4 rings (SSSR count). The van der Waals surface area contributed by atoms with Crippen LogP contribution < -0.4 is 14.9 Å². The summed E-state index contributed by atoms with van der Waals surface area (Å²) in [5.74, 6) is 0.675. The van der Waals surface area contributed by atoms with Crippen LogP contribution in [0.4, 0.5) is 0 Å². The molecule has 0 saturated carbocycles. The van der Waals surface area contributed by atoms with E-state index in [9.17, 15) is 9.90 Å². The first kappa shape index (κ1) is 16.4. The number of fused-ring (bicyclic) bond motifs is 2. The van der Waals surface area contributed by atoms with Crippen LogP contribution in [0.15, 0.2) is 58.1 Å². The van der Waals surface area contributed by atoms with Crippen molar-refractivity contribution in [3.05, 3.63) is 64.1 Å². The van der Waals surface area contributed by atoms with Gasteiger partial charge in [0.05, 0.1) is 11.8 Å². The number of phenolic OH excluding ortho intramolecular Hbond substituents is 1. The minimum atomic E-state index is -0.499. The number of carbonyl (C=O) groups excluding carboxylic acids is 1. The summed E-state index contributed by atoms with van der Waals surface area (Å²) >= 11 is 3.42. The number of amides is 1. The Morgan fingerprint density at radius 2 is 1.81 bits per heavy atom. The van der Waals surface area contributed by atoms with Gasteiger partial charge in [0.15, 0.2) is 11.5 Å². The molecule has 1 heterocycles. The van der Waals surface area contributed by atoms with Gasteiger partial charge in [-0.05, 0) is 51.0 Å². The third-order valence-electron chi connectivity index (χ3n) is 3.97. The van der Waals surface area contributed by atoms with Crippen molar-refractivity contribution in [3.63, 3.8) is 0 Å². The van der Waals surface area contributed by atoms with Gasteiger partial charge in [0.25, 0.3) is 5.91 Å². The lowest BCUT2D eigenvalue weighted by molar-refractivity contribution is 0.0952. The van der Waals surface area contributed by atoms with Crippen LogP contribution in [0, 0.1) is 0 Å². The number of rotatable bonds is 3. The number of ether oxygens (including phenoxy) is 2. The van der Waals surface area contributed by atoms with Crippen molar-refractivity contribution in [1.82, 2.24) is 5.43 Å². The number of benzene rings is 3. The Kier molecular flexibility index (Phi) is 4.22. The van der Waals surface area contributed by atoms with Crippen molar-refractivity contribution in [2.75, 3.05) is 6.79 Å². The van der Waals surface area contributed by atoms with Crippen LogP contribution in [0.2, 0.25) is 0 Å². The van der Waals surface area contributed by atoms with E-state index in [1.54, 1.807) is 24.3 Å². The second-order valence-corrected chi connectivity index (χ2v) is 6.50. The molecule has 0 aromatic heterocycles. The summed E-state index contributed by atoms with van der Waals surface area (Å²) in [5, 5.41) is 15.8. The van der Waals surface area contributed by atoms with Crippen molar-refractivity contribution in [1.29, 1.82) is 0 Å². The van der Waals surface area contributed by atoms with Gasteiger partial charge in [0.2, 0.25) is 6.79 Å². The highest BCUT2D eigenvalue weighted by molar-refractivity contribution is 9.10. The topological polar surface area (TPSA) is 80.2 Å². The Balaban J connectivity index is 1.54. The predicted octanol–water partition coefficient (Wildman–Crippen LogP) is 3.80. The average molecular weight is 413 g/mol. The summed E-state index contributed by atoms with van der Waals surface area (Å²) < 4.78 is 11.4. The molecular weight excluding hydrogens is 400 g/mol. The quantitative estimate of drug-likeness (QED) is 0.506. The van der Waals surface area contributed by atoms with E-state index in [1.807, 2.05) is 24.3 Å². The Morgan fingerprint density at radius 3 is 2.58 bits per heavy atom. The highest BCUT2D eigenvalue weighted by atomic mass is 79.9. The van der Waals surface area contributed by atoms with E-state index in [-0.39, 0.29) is 18.1 Å². The molecule has 6 nitrogen and oxygen atoms in total. The number of aromatic hydroxyl groups is 1. The van der Waals surface area contributed by atoms with E-state index < -0.39 is 5.91 Å². The molecule has 0 bridgehead atoms. The van der Waals surface area contributed by atoms with Crippen molar-refractivity contribution < 1.29 is 19.4 Å². The molecule has 0 unspecified atom stereocenters. The number of phenols is 1. The van der Waals surface area contributed by atoms with E-state index in [1.165, 1.54) is 6.21 Å². The van der Waals surface area contributed by atoms with Crippen LogP contribution in [-0.2, 0) is 0 Å². The molecule has 1 aliphatic rings. The first-order chi connectivity index (χ1) is 12.6. The SMILES string of the molecule is O=C(N/N=C\c1cc2c(cc1Br)OCO2)c1cc2ccccc2cc1O. The monoisotopic (exact) mass is 412 g/mol. The average Bonchev–Trinajstić information content (AvgIpc) is 3.08. The lowest BCUT2D eigenvalue weighted by Crippen LogP contribution is -2.17. The molecule has 3 aromatic rings. The van der Waals surface area contributed by atoms with E-state index >= 15 is 0 Å². The molecular formula is C19H13BrN2O4. The highest BCUT2D eigenvalue weighted by Crippen LogP contribution is 2.36. The van der Waals surface area contributed by atoms with Crippen molar-refractivity contribution in [2.45, 2.75) is 0 Å². The number of nitrogens with zero attached hydrogens (tertiary/aromatic N) is 1. The lowest BCUT2D eigenvalue weighted by atomic mass is 10.1. The van der Waals surface area contributed by atoms with Gasteiger partial charge in [0.1, 0.15) is 5.75 Å². The predicted molar refractivity (Wildman–Crippen MR) is 101 cm³/mol. The van der Waals surface area contributed by atoms with E-state index in [0.717, 1.165) is 20.8 Å². The standard InChI is InChI=1S/C19H13BrN2O4/c20-15-8-18-17(25-10-26-18)7-13(15)9-21-22-19(24)14-5-11-3-1-2-4-12(11)6-16(14)23/h1-9,23H,10H2,(H,22,24)/b21-9-. The smallest absolute Gasteiger partial charge is 0.275 e. The molecule has 1 amide bonds. The number of carbonyl (C=O) groups is 1. The van der Waals surface area contributed by atoms with Gasteiger partial charge in [-0.25, -0.2) is 5.43 Å². The van der Waals surface area contributed by atoms with E-state index in [0.29, 0.717) is 11.5 Å². The second-order valence-electron chi connectivity index (χ2n) is 5.64. The Bertz CT molecular complexity index is 1050. The Morgan fingerprint density at radius 1 is 1.12 bits per heavy atom. The summed E-state index contributed by atoms with van der Waals surface area (Å²) in [6, 6.07) is 14.2. The molecule has 7 heteroatoms. The van der Waals surface area contributed by atoms with Gasteiger partial charge in [-0.3, -0.25) is 4.79 Å². The van der Waals surface area contributed by atoms with Gasteiger partial charge >= 0.3 is 0 Å². The van der Waals surface area contributed by atoms with Gasteiger partial charge in [-0.15, -0.1) is 0 Å². The number of hydrazone groups is 1. The van der Waals surface area contributed by atoms with Crippen LogP contribution >= 0.6 is 15.9 Å². The lowest BCUT2D eigenvalue weighted by Gasteiger charge is -2.06. The van der Waals surface area contributed by atoms with Crippen LogP contribution in [0.1, 0.15) is 15.9 Å². The Hall–Kier alpha value is -3.06.